The summed E-state index contributed by atoms with van der Waals surface area (Å²) >= 11 is 0. The Bertz CT molecular complexity index is 356. The summed E-state index contributed by atoms with van der Waals surface area (Å²) in [6.45, 7) is 6.92. The van der Waals surface area contributed by atoms with Gasteiger partial charge in [-0.25, -0.2) is 0 Å². The maximum atomic E-state index is 5.92. The highest BCUT2D eigenvalue weighted by Gasteiger charge is 2.38. The van der Waals surface area contributed by atoms with Gasteiger partial charge >= 0.3 is 0 Å². The molecule has 0 heterocycles. The third-order valence-corrected chi connectivity index (χ3v) is 3.68. The largest absolute Gasteiger partial charge is 0.497 e. The number of hydrogen-bond acceptors (Lipinski definition) is 2. The molecular formula is C15H22O2. The number of rotatable bonds is 3. The van der Waals surface area contributed by atoms with Crippen molar-refractivity contribution in [3.63, 3.8) is 0 Å². The van der Waals surface area contributed by atoms with Crippen LogP contribution >= 0.6 is 0 Å². The molecule has 1 aromatic rings. The first kappa shape index (κ1) is 12.3. The molecule has 17 heavy (non-hydrogen) atoms. The van der Waals surface area contributed by atoms with Crippen molar-refractivity contribution >= 4 is 0 Å². The molecule has 1 aliphatic rings. The standard InChI is InChI=1S/C15H22O2/c1-15(2,3)11-9-14(10-11)17-13-7-5-12(16-4)6-8-13/h5-8,11,14H,9-10H2,1-4H3. The molecule has 0 unspecified atom stereocenters. The second-order valence-electron chi connectivity index (χ2n) is 5.95. The van der Waals surface area contributed by atoms with E-state index in [2.05, 4.69) is 20.8 Å². The minimum atomic E-state index is 0.396. The molecule has 1 saturated carbocycles. The number of ether oxygens (including phenoxy) is 2. The lowest BCUT2D eigenvalue weighted by atomic mass is 9.67. The van der Waals surface area contributed by atoms with Crippen LogP contribution in [0.15, 0.2) is 24.3 Å². The average molecular weight is 234 g/mol. The second kappa shape index (κ2) is 4.59. The van der Waals surface area contributed by atoms with E-state index in [-0.39, 0.29) is 0 Å². The first-order valence-corrected chi connectivity index (χ1v) is 6.30. The Balaban J connectivity index is 1.83. The van der Waals surface area contributed by atoms with Crippen LogP contribution in [0.5, 0.6) is 11.5 Å². The van der Waals surface area contributed by atoms with Gasteiger partial charge in [0.05, 0.1) is 13.2 Å². The summed E-state index contributed by atoms with van der Waals surface area (Å²) in [7, 11) is 1.68. The number of hydrogen-bond donors (Lipinski definition) is 0. The third-order valence-electron chi connectivity index (χ3n) is 3.68. The van der Waals surface area contributed by atoms with Gasteiger partial charge in [0.25, 0.3) is 0 Å². The van der Waals surface area contributed by atoms with Crippen molar-refractivity contribution < 1.29 is 9.47 Å². The first-order valence-electron chi connectivity index (χ1n) is 6.30. The van der Waals surface area contributed by atoms with E-state index < -0.39 is 0 Å². The Morgan fingerprint density at radius 2 is 1.53 bits per heavy atom. The van der Waals surface area contributed by atoms with Crippen LogP contribution in [0.3, 0.4) is 0 Å². The van der Waals surface area contributed by atoms with Gasteiger partial charge in [-0.3, -0.25) is 0 Å². The van der Waals surface area contributed by atoms with E-state index in [4.69, 9.17) is 9.47 Å². The third kappa shape index (κ3) is 2.93. The molecule has 1 aliphatic carbocycles. The fourth-order valence-electron chi connectivity index (χ4n) is 2.22. The maximum absolute atomic E-state index is 5.92. The summed E-state index contributed by atoms with van der Waals surface area (Å²) in [5, 5.41) is 0. The molecule has 0 spiro atoms. The molecule has 0 aliphatic heterocycles. The second-order valence-corrected chi connectivity index (χ2v) is 5.95. The molecule has 1 fully saturated rings. The summed E-state index contributed by atoms with van der Waals surface area (Å²) in [5.74, 6) is 2.62. The molecule has 2 rings (SSSR count). The van der Waals surface area contributed by atoms with Gasteiger partial charge in [-0.15, -0.1) is 0 Å². The van der Waals surface area contributed by atoms with Crippen LogP contribution < -0.4 is 9.47 Å². The van der Waals surface area contributed by atoms with Gasteiger partial charge in [-0.05, 0) is 48.4 Å². The molecular weight excluding hydrogens is 212 g/mol. The molecule has 0 amide bonds. The molecule has 0 bridgehead atoms. The van der Waals surface area contributed by atoms with Gasteiger partial charge in [-0.1, -0.05) is 20.8 Å². The predicted molar refractivity (Wildman–Crippen MR) is 69.6 cm³/mol. The van der Waals surface area contributed by atoms with E-state index in [1.807, 2.05) is 24.3 Å². The van der Waals surface area contributed by atoms with E-state index >= 15 is 0 Å². The van der Waals surface area contributed by atoms with E-state index in [0.29, 0.717) is 11.5 Å². The van der Waals surface area contributed by atoms with Gasteiger partial charge < -0.3 is 9.47 Å². The van der Waals surface area contributed by atoms with Crippen LogP contribution in [0.1, 0.15) is 33.6 Å². The van der Waals surface area contributed by atoms with Crippen molar-refractivity contribution in [1.82, 2.24) is 0 Å². The van der Waals surface area contributed by atoms with Crippen LogP contribution in [-0.4, -0.2) is 13.2 Å². The van der Waals surface area contributed by atoms with Crippen molar-refractivity contribution in [3.05, 3.63) is 24.3 Å². The van der Waals surface area contributed by atoms with Gasteiger partial charge in [0, 0.05) is 0 Å². The van der Waals surface area contributed by atoms with Crippen molar-refractivity contribution in [2.75, 3.05) is 7.11 Å². The average Bonchev–Trinajstić information content (AvgIpc) is 2.22. The summed E-state index contributed by atoms with van der Waals surface area (Å²) in [6, 6.07) is 7.83. The molecule has 2 nitrogen and oxygen atoms in total. The lowest BCUT2D eigenvalue weighted by molar-refractivity contribution is 0.00730. The van der Waals surface area contributed by atoms with Crippen LogP contribution in [0, 0.1) is 11.3 Å². The molecule has 0 saturated heterocycles. The maximum Gasteiger partial charge on any atom is 0.119 e. The zero-order valence-corrected chi connectivity index (χ0v) is 11.2. The van der Waals surface area contributed by atoms with Gasteiger partial charge in [0.2, 0.25) is 0 Å². The van der Waals surface area contributed by atoms with Crippen LogP contribution in [0.4, 0.5) is 0 Å². The molecule has 0 aromatic heterocycles. The summed E-state index contributed by atoms with van der Waals surface area (Å²) in [4.78, 5) is 0. The molecule has 94 valence electrons. The van der Waals surface area contributed by atoms with Crippen molar-refractivity contribution in [1.29, 1.82) is 0 Å². The normalized spacial score (nSPS) is 24.0. The minimum Gasteiger partial charge on any atom is -0.497 e. The van der Waals surface area contributed by atoms with Crippen LogP contribution in [0.2, 0.25) is 0 Å². The smallest absolute Gasteiger partial charge is 0.119 e. The van der Waals surface area contributed by atoms with Gasteiger partial charge in [0.15, 0.2) is 0 Å². The molecule has 1 aromatic carbocycles. The predicted octanol–water partition coefficient (Wildman–Crippen LogP) is 3.90. The fourth-order valence-corrected chi connectivity index (χ4v) is 2.22. The van der Waals surface area contributed by atoms with Crippen LogP contribution in [-0.2, 0) is 0 Å². The Morgan fingerprint density at radius 1 is 1.00 bits per heavy atom. The number of benzene rings is 1. The van der Waals surface area contributed by atoms with Gasteiger partial charge in [0.1, 0.15) is 11.5 Å². The fraction of sp³-hybridized carbons (Fsp3) is 0.600. The van der Waals surface area contributed by atoms with E-state index in [9.17, 15) is 0 Å². The summed E-state index contributed by atoms with van der Waals surface area (Å²) in [6.07, 6.45) is 2.75. The SMILES string of the molecule is COc1ccc(OC2CC(C(C)(C)C)C2)cc1. The lowest BCUT2D eigenvalue weighted by Gasteiger charge is -2.43. The molecule has 0 atom stereocenters. The Labute approximate surface area is 104 Å². The van der Waals surface area contributed by atoms with Crippen molar-refractivity contribution in [2.24, 2.45) is 11.3 Å². The molecule has 0 radical (unpaired) electrons. The Hall–Kier alpha value is -1.18. The van der Waals surface area contributed by atoms with Crippen molar-refractivity contribution in [3.8, 4) is 11.5 Å². The van der Waals surface area contributed by atoms with E-state index in [0.717, 1.165) is 17.4 Å². The zero-order valence-electron chi connectivity index (χ0n) is 11.2. The van der Waals surface area contributed by atoms with Crippen molar-refractivity contribution in [2.45, 2.75) is 39.7 Å². The highest BCUT2D eigenvalue weighted by Crippen LogP contribution is 2.43. The van der Waals surface area contributed by atoms with E-state index in [1.165, 1.54) is 12.8 Å². The highest BCUT2D eigenvalue weighted by molar-refractivity contribution is 5.31. The van der Waals surface area contributed by atoms with Gasteiger partial charge in [-0.2, -0.15) is 0 Å². The summed E-state index contributed by atoms with van der Waals surface area (Å²) in [5.41, 5.74) is 0.416. The minimum absolute atomic E-state index is 0.396. The Morgan fingerprint density at radius 3 is 2.00 bits per heavy atom. The molecule has 2 heteroatoms. The van der Waals surface area contributed by atoms with Crippen LogP contribution in [0.25, 0.3) is 0 Å². The van der Waals surface area contributed by atoms with E-state index in [1.54, 1.807) is 7.11 Å². The Kier molecular flexibility index (Phi) is 3.32. The zero-order chi connectivity index (χ0) is 12.5. The lowest BCUT2D eigenvalue weighted by Crippen LogP contribution is -2.40. The quantitative estimate of drug-likeness (QED) is 0.789. The highest BCUT2D eigenvalue weighted by atomic mass is 16.5. The topological polar surface area (TPSA) is 18.5 Å². The molecule has 0 N–H and O–H groups in total. The first-order chi connectivity index (χ1) is 7.99. The summed E-state index contributed by atoms with van der Waals surface area (Å²) < 4.78 is 11.0. The monoisotopic (exact) mass is 234 g/mol. The number of methoxy groups -OCH3 is 1.